The predicted molar refractivity (Wildman–Crippen MR) is 97.2 cm³/mol. The van der Waals surface area contributed by atoms with Crippen LogP contribution in [0.3, 0.4) is 0 Å². The van der Waals surface area contributed by atoms with Crippen molar-refractivity contribution in [3.63, 3.8) is 0 Å². The van der Waals surface area contributed by atoms with E-state index in [1.807, 2.05) is 50.2 Å². The number of para-hydroxylation sites is 2. The van der Waals surface area contributed by atoms with E-state index in [9.17, 15) is 4.79 Å². The van der Waals surface area contributed by atoms with E-state index in [-0.39, 0.29) is 5.91 Å². The minimum Gasteiger partial charge on any atom is -0.494 e. The zero-order valence-electron chi connectivity index (χ0n) is 15.0. The summed E-state index contributed by atoms with van der Waals surface area (Å²) in [6, 6.07) is 15.0. The molecule has 0 aromatic heterocycles. The van der Waals surface area contributed by atoms with Crippen molar-refractivity contribution in [3.05, 3.63) is 54.1 Å². The Labute approximate surface area is 148 Å². The summed E-state index contributed by atoms with van der Waals surface area (Å²) in [6.07, 6.45) is -0.0190. The van der Waals surface area contributed by atoms with E-state index >= 15 is 0 Å². The van der Waals surface area contributed by atoms with Gasteiger partial charge < -0.3 is 19.5 Å². The number of nitrogens with one attached hydrogen (secondary N) is 1. The molecule has 0 fully saturated rings. The Bertz CT molecular complexity index is 687. The third-order valence-corrected chi connectivity index (χ3v) is 3.68. The quantitative estimate of drug-likeness (QED) is 0.756. The fourth-order valence-corrected chi connectivity index (χ4v) is 2.41. The number of rotatable bonds is 9. The Morgan fingerprint density at radius 1 is 1.08 bits per heavy atom. The summed E-state index contributed by atoms with van der Waals surface area (Å²) >= 11 is 0. The molecule has 0 aliphatic carbocycles. The number of amides is 1. The first-order valence-electron chi connectivity index (χ1n) is 8.47. The van der Waals surface area contributed by atoms with Gasteiger partial charge in [0.25, 0.3) is 5.91 Å². The van der Waals surface area contributed by atoms with E-state index in [1.165, 1.54) is 0 Å². The number of hydrogen-bond acceptors (Lipinski definition) is 4. The van der Waals surface area contributed by atoms with Crippen LogP contribution in [0, 0.1) is 0 Å². The maximum Gasteiger partial charge on any atom is 0.261 e. The highest BCUT2D eigenvalue weighted by atomic mass is 16.5. The zero-order valence-corrected chi connectivity index (χ0v) is 15.0. The molecule has 0 heterocycles. The lowest BCUT2D eigenvalue weighted by Crippen LogP contribution is -2.37. The highest BCUT2D eigenvalue weighted by molar-refractivity contribution is 5.81. The second-order valence-corrected chi connectivity index (χ2v) is 5.46. The molecule has 1 N–H and O–H groups in total. The van der Waals surface area contributed by atoms with Crippen LogP contribution < -0.4 is 19.5 Å². The third-order valence-electron chi connectivity index (χ3n) is 3.68. The SMILES string of the molecule is CCOc1cccc(CNC(=O)[C@@H](CC)Oc2ccccc2OC)c1. The maximum atomic E-state index is 12.5. The normalized spacial score (nSPS) is 11.5. The van der Waals surface area contributed by atoms with Crippen LogP contribution in [0.4, 0.5) is 0 Å². The molecule has 1 atom stereocenters. The fraction of sp³-hybridized carbons (Fsp3) is 0.350. The lowest BCUT2D eigenvalue weighted by molar-refractivity contribution is -0.128. The van der Waals surface area contributed by atoms with Gasteiger partial charge in [-0.3, -0.25) is 4.79 Å². The average molecular weight is 343 g/mol. The predicted octanol–water partition coefficient (Wildman–Crippen LogP) is 3.57. The third kappa shape index (κ3) is 5.41. The standard InChI is InChI=1S/C20H25NO4/c1-4-17(25-19-12-7-6-11-18(19)23-3)20(22)21-14-15-9-8-10-16(13-15)24-5-2/h6-13,17H,4-5,14H2,1-3H3,(H,21,22)/t17-/m1/s1. The minimum atomic E-state index is -0.577. The molecule has 0 radical (unpaired) electrons. The lowest BCUT2D eigenvalue weighted by atomic mass is 10.2. The van der Waals surface area contributed by atoms with E-state index in [4.69, 9.17) is 14.2 Å². The first kappa shape index (κ1) is 18.6. The van der Waals surface area contributed by atoms with Crippen molar-refractivity contribution in [3.8, 4) is 17.2 Å². The van der Waals surface area contributed by atoms with Crippen molar-refractivity contribution in [1.29, 1.82) is 0 Å². The number of benzene rings is 2. The van der Waals surface area contributed by atoms with Crippen molar-refractivity contribution in [2.75, 3.05) is 13.7 Å². The molecule has 0 unspecified atom stereocenters. The Morgan fingerprint density at radius 3 is 2.52 bits per heavy atom. The molecule has 134 valence electrons. The van der Waals surface area contributed by atoms with Crippen LogP contribution in [0.5, 0.6) is 17.2 Å². The Balaban J connectivity index is 1.97. The molecule has 0 aliphatic heterocycles. The van der Waals surface area contributed by atoms with Crippen molar-refractivity contribution in [2.45, 2.75) is 32.9 Å². The van der Waals surface area contributed by atoms with Gasteiger partial charge in [-0.25, -0.2) is 0 Å². The van der Waals surface area contributed by atoms with Crippen LogP contribution >= 0.6 is 0 Å². The molecule has 2 aromatic carbocycles. The van der Waals surface area contributed by atoms with Crippen LogP contribution in [0.1, 0.15) is 25.8 Å². The summed E-state index contributed by atoms with van der Waals surface area (Å²) in [5, 5.41) is 2.92. The number of carbonyl (C=O) groups is 1. The molecule has 0 saturated carbocycles. The topological polar surface area (TPSA) is 56.8 Å². The second-order valence-electron chi connectivity index (χ2n) is 5.46. The van der Waals surface area contributed by atoms with Crippen LogP contribution in [0.25, 0.3) is 0 Å². The van der Waals surface area contributed by atoms with Crippen molar-refractivity contribution in [2.24, 2.45) is 0 Å². The fourth-order valence-electron chi connectivity index (χ4n) is 2.41. The number of hydrogen-bond donors (Lipinski definition) is 1. The van der Waals surface area contributed by atoms with Crippen molar-refractivity contribution in [1.82, 2.24) is 5.32 Å². The zero-order chi connectivity index (χ0) is 18.1. The summed E-state index contributed by atoms with van der Waals surface area (Å²) in [4.78, 5) is 12.5. The molecule has 0 saturated heterocycles. The molecule has 5 nitrogen and oxygen atoms in total. The summed E-state index contributed by atoms with van der Waals surface area (Å²) in [6.45, 7) is 4.89. The highest BCUT2D eigenvalue weighted by Gasteiger charge is 2.19. The van der Waals surface area contributed by atoms with E-state index in [0.717, 1.165) is 11.3 Å². The second kappa shape index (κ2) is 9.57. The molecular formula is C20H25NO4. The highest BCUT2D eigenvalue weighted by Crippen LogP contribution is 2.27. The summed E-state index contributed by atoms with van der Waals surface area (Å²) in [7, 11) is 1.58. The van der Waals surface area contributed by atoms with Crippen LogP contribution in [-0.4, -0.2) is 25.7 Å². The van der Waals surface area contributed by atoms with Crippen molar-refractivity contribution < 1.29 is 19.0 Å². The van der Waals surface area contributed by atoms with Gasteiger partial charge in [-0.1, -0.05) is 31.2 Å². The van der Waals surface area contributed by atoms with Gasteiger partial charge in [0.05, 0.1) is 13.7 Å². The molecule has 0 bridgehead atoms. The van der Waals surface area contributed by atoms with Crippen LogP contribution in [-0.2, 0) is 11.3 Å². The van der Waals surface area contributed by atoms with Gasteiger partial charge in [-0.15, -0.1) is 0 Å². The molecular weight excluding hydrogens is 318 g/mol. The monoisotopic (exact) mass is 343 g/mol. The Hall–Kier alpha value is -2.69. The van der Waals surface area contributed by atoms with Gasteiger partial charge >= 0.3 is 0 Å². The number of methoxy groups -OCH3 is 1. The molecule has 25 heavy (non-hydrogen) atoms. The molecule has 1 amide bonds. The smallest absolute Gasteiger partial charge is 0.261 e. The Kier molecular flexibility index (Phi) is 7.14. The van der Waals surface area contributed by atoms with E-state index in [2.05, 4.69) is 5.32 Å². The van der Waals surface area contributed by atoms with Gasteiger partial charge in [0.15, 0.2) is 17.6 Å². The number of ether oxygens (including phenoxy) is 3. The van der Waals surface area contributed by atoms with Gasteiger partial charge in [-0.2, -0.15) is 0 Å². The largest absolute Gasteiger partial charge is 0.494 e. The first-order chi connectivity index (χ1) is 12.2. The van der Waals surface area contributed by atoms with E-state index < -0.39 is 6.10 Å². The molecule has 5 heteroatoms. The minimum absolute atomic E-state index is 0.157. The number of carbonyl (C=O) groups excluding carboxylic acids is 1. The average Bonchev–Trinajstić information content (AvgIpc) is 2.65. The molecule has 0 spiro atoms. The first-order valence-corrected chi connectivity index (χ1v) is 8.47. The van der Waals surface area contributed by atoms with Gasteiger partial charge in [0, 0.05) is 6.54 Å². The van der Waals surface area contributed by atoms with E-state index in [0.29, 0.717) is 31.1 Å². The maximum absolute atomic E-state index is 12.5. The summed E-state index contributed by atoms with van der Waals surface area (Å²) in [5.41, 5.74) is 0.978. The van der Waals surface area contributed by atoms with Gasteiger partial charge in [0.1, 0.15) is 5.75 Å². The van der Waals surface area contributed by atoms with Crippen molar-refractivity contribution >= 4 is 5.91 Å². The van der Waals surface area contributed by atoms with Gasteiger partial charge in [0.2, 0.25) is 0 Å². The van der Waals surface area contributed by atoms with Crippen LogP contribution in [0.2, 0.25) is 0 Å². The van der Waals surface area contributed by atoms with E-state index in [1.54, 1.807) is 19.2 Å². The molecule has 2 aromatic rings. The molecule has 0 aliphatic rings. The lowest BCUT2D eigenvalue weighted by Gasteiger charge is -2.19. The summed E-state index contributed by atoms with van der Waals surface area (Å²) < 4.78 is 16.6. The Morgan fingerprint density at radius 2 is 1.84 bits per heavy atom. The van der Waals surface area contributed by atoms with Gasteiger partial charge in [-0.05, 0) is 43.2 Å². The van der Waals surface area contributed by atoms with Crippen LogP contribution in [0.15, 0.2) is 48.5 Å². The summed E-state index contributed by atoms with van der Waals surface area (Å²) in [5.74, 6) is 1.81. The molecule has 2 rings (SSSR count).